The van der Waals surface area contributed by atoms with Crippen LogP contribution in [0.15, 0.2) is 59.7 Å². The number of unbranched alkanes of at least 4 members (excludes halogenated alkanes) is 8. The Hall–Kier alpha value is -2.26. The van der Waals surface area contributed by atoms with E-state index in [1.54, 1.807) is 0 Å². The van der Waals surface area contributed by atoms with Gasteiger partial charge in [-0.05, 0) is 67.9 Å². The fourth-order valence-corrected chi connectivity index (χ4v) is 6.86. The van der Waals surface area contributed by atoms with Crippen LogP contribution in [0.25, 0.3) is 16.9 Å². The van der Waals surface area contributed by atoms with Crippen molar-refractivity contribution < 1.29 is 22.7 Å². The number of allylic oxidation sites excluding steroid dienone is 2. The Kier molecular flexibility index (Phi) is 20.8. The summed E-state index contributed by atoms with van der Waals surface area (Å²) in [5, 5.41) is 0. The molecule has 3 rings (SSSR count). The summed E-state index contributed by atoms with van der Waals surface area (Å²) in [6.07, 6.45) is 18.4. The molecule has 0 fully saturated rings. The van der Waals surface area contributed by atoms with Crippen LogP contribution in [-0.2, 0) is 30.8 Å². The number of benzene rings is 2. The molecule has 0 atom stereocenters. The van der Waals surface area contributed by atoms with Gasteiger partial charge < -0.3 is 5.53 Å². The van der Waals surface area contributed by atoms with Gasteiger partial charge in [0, 0.05) is 35.1 Å². The van der Waals surface area contributed by atoms with Crippen molar-refractivity contribution in [2.45, 2.75) is 154 Å². The number of hydrogen-bond donors (Lipinski definition) is 0. The molecule has 250 valence electrons. The summed E-state index contributed by atoms with van der Waals surface area (Å²) in [6.45, 7) is 13.3. The van der Waals surface area contributed by atoms with Crippen molar-refractivity contribution in [1.29, 1.82) is 0 Å². The molecule has 0 unspecified atom stereocenters. The first-order valence-corrected chi connectivity index (χ1v) is 20.3. The number of nitrogens with zero attached hydrogens (tertiary/aromatic N) is 2. The van der Waals surface area contributed by atoms with E-state index in [-0.39, 0.29) is 0 Å². The summed E-state index contributed by atoms with van der Waals surface area (Å²) in [5.74, 6) is 6.52. The van der Waals surface area contributed by atoms with Crippen molar-refractivity contribution in [3.05, 3.63) is 87.5 Å². The topological polar surface area (TPSA) is 25.3 Å². The molecular formula is C42H62N2Pd. The van der Waals surface area contributed by atoms with Crippen molar-refractivity contribution in [3.8, 4) is 11.8 Å². The Balaban J connectivity index is 0.00000130. The van der Waals surface area contributed by atoms with Crippen LogP contribution >= 0.6 is 0 Å². The fraction of sp³-hybridized carbons (Fsp3) is 0.571. The minimum atomic E-state index is 0.844. The van der Waals surface area contributed by atoms with Crippen LogP contribution in [-0.4, -0.2) is 4.70 Å². The van der Waals surface area contributed by atoms with Crippen LogP contribution in [0.1, 0.15) is 154 Å². The van der Waals surface area contributed by atoms with E-state index in [2.05, 4.69) is 102 Å². The summed E-state index contributed by atoms with van der Waals surface area (Å²) >= 11 is 1.04. The number of hydrogen-bond acceptors (Lipinski definition) is 0. The van der Waals surface area contributed by atoms with Crippen LogP contribution in [0.3, 0.4) is 0 Å². The van der Waals surface area contributed by atoms with Gasteiger partial charge >= 0.3 is 41.6 Å². The second-order valence-electron chi connectivity index (χ2n) is 11.8. The Morgan fingerprint density at radius 2 is 1.24 bits per heavy atom. The molecule has 0 bridgehead atoms. The van der Waals surface area contributed by atoms with E-state index in [0.29, 0.717) is 0 Å². The Morgan fingerprint density at radius 1 is 0.622 bits per heavy atom. The quantitative estimate of drug-likeness (QED) is 0.0603. The molecule has 1 aliphatic heterocycles. The van der Waals surface area contributed by atoms with Crippen LogP contribution in [0.4, 0.5) is 0 Å². The molecule has 3 heteroatoms. The molecule has 1 aliphatic rings. The fourth-order valence-electron chi connectivity index (χ4n) is 6.08. The summed E-state index contributed by atoms with van der Waals surface area (Å²) in [4.78, 5) is 2.79. The van der Waals surface area contributed by atoms with Gasteiger partial charge in [-0.15, -0.1) is 11.8 Å². The average Bonchev–Trinajstić information content (AvgIpc) is 3.34. The number of aryl methyl sites for hydroxylation is 2. The molecule has 45 heavy (non-hydrogen) atoms. The zero-order valence-corrected chi connectivity index (χ0v) is 31.1. The Labute approximate surface area is 286 Å². The molecule has 0 N–H and O–H groups in total. The molecule has 0 aliphatic carbocycles. The molecule has 0 radical (unpaired) electrons. The summed E-state index contributed by atoms with van der Waals surface area (Å²) < 4.78 is 1.53. The molecule has 0 amide bonds. The van der Waals surface area contributed by atoms with Gasteiger partial charge in [-0.2, -0.15) is 0 Å². The van der Waals surface area contributed by atoms with E-state index in [4.69, 9.17) is 0 Å². The van der Waals surface area contributed by atoms with Crippen molar-refractivity contribution in [3.63, 3.8) is 0 Å². The van der Waals surface area contributed by atoms with Crippen LogP contribution in [0.2, 0.25) is 9.79 Å². The third kappa shape index (κ3) is 13.2. The number of rotatable bonds is 19. The first-order chi connectivity index (χ1) is 22.1. The minimum absolute atomic E-state index is 0.844. The van der Waals surface area contributed by atoms with E-state index in [9.17, 15) is 5.53 Å². The predicted octanol–water partition coefficient (Wildman–Crippen LogP) is 13.4. The molecule has 0 saturated heterocycles. The third-order valence-electron chi connectivity index (χ3n) is 8.45. The molecule has 0 spiro atoms. The van der Waals surface area contributed by atoms with Crippen LogP contribution < -0.4 is 0 Å². The molecule has 2 aromatic carbocycles. The van der Waals surface area contributed by atoms with Gasteiger partial charge in [-0.3, -0.25) is 0 Å². The van der Waals surface area contributed by atoms with Gasteiger partial charge in [-0.1, -0.05) is 109 Å². The van der Waals surface area contributed by atoms with E-state index < -0.39 is 0 Å². The van der Waals surface area contributed by atoms with Gasteiger partial charge in [0.2, 0.25) is 11.4 Å². The third-order valence-corrected chi connectivity index (χ3v) is 10.0. The maximum atomic E-state index is 11.9. The van der Waals surface area contributed by atoms with Crippen molar-refractivity contribution in [1.82, 2.24) is 0 Å². The van der Waals surface area contributed by atoms with Crippen LogP contribution in [0.5, 0.6) is 0 Å². The molecular weight excluding hydrogens is 639 g/mol. The molecule has 2 aromatic rings. The van der Waals surface area contributed by atoms with E-state index >= 15 is 0 Å². The summed E-state index contributed by atoms with van der Waals surface area (Å²) in [7, 11) is 0. The zero-order valence-electron chi connectivity index (χ0n) is 29.6. The van der Waals surface area contributed by atoms with Crippen molar-refractivity contribution in [2.75, 3.05) is 0 Å². The normalized spacial score (nSPS) is 12.8. The van der Waals surface area contributed by atoms with Crippen molar-refractivity contribution in [2.24, 2.45) is 0 Å². The zero-order chi connectivity index (χ0) is 32.7. The summed E-state index contributed by atoms with van der Waals surface area (Å²) in [5.41, 5.74) is 21.4. The van der Waals surface area contributed by atoms with E-state index in [1.165, 1.54) is 94.5 Å². The standard InChI is InChI=1S/C38H52N2.2C2H5.Pd/c1-5-9-12-15-16-19-26-36-34(8-4)37(33-29-27-31(28-30-33)22-17-13-10-6-2)40(39)38(36)35-25-21-20-24-32(35)23-18-14-11-7-3;2*1-2;/h20-21,24-25,27-30H,5-10,12-13,15-19,22-23,26H2,1-4H3;2*1H2,2H3;. The van der Waals surface area contributed by atoms with Gasteiger partial charge in [0.15, 0.2) is 0 Å². The van der Waals surface area contributed by atoms with Gasteiger partial charge in [0.25, 0.3) is 0 Å². The van der Waals surface area contributed by atoms with Crippen molar-refractivity contribution >= 4 is 11.4 Å². The monoisotopic (exact) mass is 700 g/mol. The second-order valence-corrected chi connectivity index (χ2v) is 14.8. The van der Waals surface area contributed by atoms with Crippen LogP contribution in [0, 0.1) is 11.8 Å². The SMILES string of the molecule is CCC#CCCc1ccccc1C1=C(CCCCCCCC)C(CC)=C(c2ccc(CCCCCC)cc2)[N+]1=[N-].C[CH2][Pd][CH2]C. The summed E-state index contributed by atoms with van der Waals surface area (Å²) in [6, 6.07) is 17.6. The molecule has 2 nitrogen and oxygen atoms in total. The molecule has 1 heterocycles. The molecule has 0 aromatic heterocycles. The first kappa shape index (κ1) is 38.9. The predicted molar refractivity (Wildman–Crippen MR) is 194 cm³/mol. The van der Waals surface area contributed by atoms with E-state index in [1.807, 2.05) is 0 Å². The van der Waals surface area contributed by atoms with Gasteiger partial charge in [-0.25, -0.2) is 4.70 Å². The van der Waals surface area contributed by atoms with Gasteiger partial charge in [0.1, 0.15) is 0 Å². The van der Waals surface area contributed by atoms with E-state index in [0.717, 1.165) is 85.4 Å². The second kappa shape index (κ2) is 24.0. The first-order valence-electron chi connectivity index (χ1n) is 18.1. The average molecular weight is 701 g/mol. The van der Waals surface area contributed by atoms with Gasteiger partial charge in [0.05, 0.1) is 0 Å². The molecule has 0 saturated carbocycles. The maximum absolute atomic E-state index is 11.9. The Bertz CT molecular complexity index is 1250. The Morgan fingerprint density at radius 3 is 1.87 bits per heavy atom.